The second kappa shape index (κ2) is 8.93. The van der Waals surface area contributed by atoms with Crippen molar-refractivity contribution in [1.29, 1.82) is 5.26 Å². The standard InChI is InChI=1S/C20H20N4S2/c1-25-20(26-2)16(14-21)19-23-17-7-3-4-8-18(17)24(19)13-5-6-15-9-11-22-12-10-15/h3-4,7-12H,5-6,13H2,1-2H3. The highest BCUT2D eigenvalue weighted by molar-refractivity contribution is 8.21. The van der Waals surface area contributed by atoms with Crippen molar-refractivity contribution in [3.63, 3.8) is 0 Å². The molecule has 0 saturated carbocycles. The number of benzene rings is 1. The number of imidazole rings is 1. The molecule has 1 aromatic carbocycles. The van der Waals surface area contributed by atoms with Crippen molar-refractivity contribution in [1.82, 2.24) is 14.5 Å². The molecule has 6 heteroatoms. The fraction of sp³-hybridized carbons (Fsp3) is 0.250. The first kappa shape index (κ1) is 18.6. The maximum absolute atomic E-state index is 9.77. The molecule has 0 atom stereocenters. The van der Waals surface area contributed by atoms with Crippen molar-refractivity contribution in [3.8, 4) is 6.07 Å². The number of rotatable bonds is 7. The molecular formula is C20H20N4S2. The van der Waals surface area contributed by atoms with E-state index in [1.165, 1.54) is 5.56 Å². The number of para-hydroxylation sites is 2. The molecule has 3 rings (SSSR count). The Balaban J connectivity index is 1.97. The van der Waals surface area contributed by atoms with E-state index >= 15 is 0 Å². The number of thioether (sulfide) groups is 2. The van der Waals surface area contributed by atoms with E-state index in [2.05, 4.69) is 21.7 Å². The average molecular weight is 381 g/mol. The summed E-state index contributed by atoms with van der Waals surface area (Å²) in [4.78, 5) is 8.84. The summed E-state index contributed by atoms with van der Waals surface area (Å²) in [5, 5.41) is 9.77. The van der Waals surface area contributed by atoms with Crippen LogP contribution in [0.4, 0.5) is 0 Å². The first-order valence-electron chi connectivity index (χ1n) is 8.35. The largest absolute Gasteiger partial charge is 0.323 e. The van der Waals surface area contributed by atoms with E-state index in [1.54, 1.807) is 23.5 Å². The van der Waals surface area contributed by atoms with Crippen molar-refractivity contribution in [3.05, 3.63) is 64.4 Å². The number of hydrogen-bond acceptors (Lipinski definition) is 5. The van der Waals surface area contributed by atoms with Crippen LogP contribution in [0.15, 0.2) is 53.0 Å². The molecule has 132 valence electrons. The highest BCUT2D eigenvalue weighted by Gasteiger charge is 2.17. The molecule has 0 bridgehead atoms. The van der Waals surface area contributed by atoms with Crippen LogP contribution in [0.5, 0.6) is 0 Å². The number of aromatic nitrogens is 3. The molecule has 0 aliphatic heterocycles. The molecule has 4 nitrogen and oxygen atoms in total. The summed E-state index contributed by atoms with van der Waals surface area (Å²) in [5.74, 6) is 0.766. The maximum Gasteiger partial charge on any atom is 0.153 e. The predicted molar refractivity (Wildman–Crippen MR) is 112 cm³/mol. The lowest BCUT2D eigenvalue weighted by Crippen LogP contribution is -2.05. The first-order valence-corrected chi connectivity index (χ1v) is 10.8. The van der Waals surface area contributed by atoms with Crippen LogP contribution >= 0.6 is 23.5 Å². The van der Waals surface area contributed by atoms with Crippen molar-refractivity contribution in [2.45, 2.75) is 19.4 Å². The normalized spacial score (nSPS) is 10.7. The van der Waals surface area contributed by atoms with Gasteiger partial charge >= 0.3 is 0 Å². The monoisotopic (exact) mass is 380 g/mol. The van der Waals surface area contributed by atoms with Crippen LogP contribution in [-0.2, 0) is 13.0 Å². The van der Waals surface area contributed by atoms with Crippen LogP contribution in [-0.4, -0.2) is 27.0 Å². The molecule has 0 aliphatic rings. The Morgan fingerprint density at radius 2 is 1.85 bits per heavy atom. The van der Waals surface area contributed by atoms with Crippen LogP contribution < -0.4 is 0 Å². The number of aryl methyl sites for hydroxylation is 2. The SMILES string of the molecule is CSC(SC)=C(C#N)c1nc2ccccc2n1CCCc1ccncc1. The molecule has 26 heavy (non-hydrogen) atoms. The van der Waals surface area contributed by atoms with E-state index in [0.29, 0.717) is 5.57 Å². The molecule has 0 aliphatic carbocycles. The van der Waals surface area contributed by atoms with Gasteiger partial charge in [0.2, 0.25) is 0 Å². The van der Waals surface area contributed by atoms with E-state index in [9.17, 15) is 5.26 Å². The van der Waals surface area contributed by atoms with Gasteiger partial charge in [-0.2, -0.15) is 5.26 Å². The van der Waals surface area contributed by atoms with E-state index in [0.717, 1.165) is 40.5 Å². The molecular weight excluding hydrogens is 360 g/mol. The molecule has 0 radical (unpaired) electrons. The Labute approximate surface area is 162 Å². The fourth-order valence-corrected chi connectivity index (χ4v) is 4.31. The van der Waals surface area contributed by atoms with Crippen LogP contribution in [0.2, 0.25) is 0 Å². The quantitative estimate of drug-likeness (QED) is 0.541. The zero-order valence-electron chi connectivity index (χ0n) is 14.8. The van der Waals surface area contributed by atoms with E-state index in [4.69, 9.17) is 4.98 Å². The highest BCUT2D eigenvalue weighted by atomic mass is 32.2. The number of hydrogen-bond donors (Lipinski definition) is 0. The molecule has 3 aromatic rings. The molecule has 0 amide bonds. The zero-order valence-corrected chi connectivity index (χ0v) is 16.5. The van der Waals surface area contributed by atoms with Crippen molar-refractivity contribution in [2.75, 3.05) is 12.5 Å². The third-order valence-electron chi connectivity index (χ3n) is 4.16. The first-order chi connectivity index (χ1) is 12.8. The molecule has 0 unspecified atom stereocenters. The van der Waals surface area contributed by atoms with Gasteiger partial charge in [0, 0.05) is 18.9 Å². The van der Waals surface area contributed by atoms with Crippen LogP contribution in [0.25, 0.3) is 16.6 Å². The van der Waals surface area contributed by atoms with Gasteiger partial charge in [-0.1, -0.05) is 12.1 Å². The van der Waals surface area contributed by atoms with Crippen molar-refractivity contribution in [2.24, 2.45) is 0 Å². The summed E-state index contributed by atoms with van der Waals surface area (Å²) in [5.41, 5.74) is 3.94. The van der Waals surface area contributed by atoms with E-state index < -0.39 is 0 Å². The summed E-state index contributed by atoms with van der Waals surface area (Å²) in [7, 11) is 0. The lowest BCUT2D eigenvalue weighted by molar-refractivity contribution is 0.651. The van der Waals surface area contributed by atoms with E-state index in [-0.39, 0.29) is 0 Å². The third kappa shape index (κ3) is 3.95. The Kier molecular flexibility index (Phi) is 6.37. The molecule has 2 aromatic heterocycles. The zero-order chi connectivity index (χ0) is 18.4. The maximum atomic E-state index is 9.77. The minimum absolute atomic E-state index is 0.658. The van der Waals surface area contributed by atoms with Gasteiger partial charge in [0.05, 0.1) is 15.3 Å². The number of nitrogens with zero attached hydrogens (tertiary/aromatic N) is 4. The van der Waals surface area contributed by atoms with Gasteiger partial charge in [0.15, 0.2) is 5.82 Å². The van der Waals surface area contributed by atoms with Gasteiger partial charge in [-0.15, -0.1) is 23.5 Å². The second-order valence-corrected chi connectivity index (χ2v) is 7.61. The molecule has 0 N–H and O–H groups in total. The molecule has 2 heterocycles. The van der Waals surface area contributed by atoms with Gasteiger partial charge < -0.3 is 4.57 Å². The van der Waals surface area contributed by atoms with Gasteiger partial charge in [0.1, 0.15) is 11.6 Å². The average Bonchev–Trinajstić information content (AvgIpc) is 3.05. The van der Waals surface area contributed by atoms with Gasteiger partial charge in [-0.05, 0) is 55.2 Å². The topological polar surface area (TPSA) is 54.5 Å². The summed E-state index contributed by atoms with van der Waals surface area (Å²) in [6.45, 7) is 0.819. The number of allylic oxidation sites excluding steroid dienone is 1. The Morgan fingerprint density at radius 3 is 2.54 bits per heavy atom. The second-order valence-electron chi connectivity index (χ2n) is 5.72. The lowest BCUT2D eigenvalue weighted by Gasteiger charge is -2.10. The predicted octanol–water partition coefficient (Wildman–Crippen LogP) is 4.98. The Morgan fingerprint density at radius 1 is 1.12 bits per heavy atom. The summed E-state index contributed by atoms with van der Waals surface area (Å²) in [6, 6.07) is 14.6. The molecule has 0 fully saturated rings. The fourth-order valence-electron chi connectivity index (χ4n) is 2.96. The minimum atomic E-state index is 0.658. The van der Waals surface area contributed by atoms with Gasteiger partial charge in [0.25, 0.3) is 0 Å². The Bertz CT molecular complexity index is 949. The summed E-state index contributed by atoms with van der Waals surface area (Å²) >= 11 is 3.19. The van der Waals surface area contributed by atoms with Gasteiger partial charge in [-0.3, -0.25) is 4.98 Å². The van der Waals surface area contributed by atoms with Crippen LogP contribution in [0, 0.1) is 11.3 Å². The van der Waals surface area contributed by atoms with Crippen molar-refractivity contribution >= 4 is 40.1 Å². The van der Waals surface area contributed by atoms with Crippen LogP contribution in [0.1, 0.15) is 17.8 Å². The lowest BCUT2D eigenvalue weighted by atomic mass is 10.1. The van der Waals surface area contributed by atoms with Crippen LogP contribution in [0.3, 0.4) is 0 Å². The number of nitriles is 1. The highest BCUT2D eigenvalue weighted by Crippen LogP contribution is 2.33. The number of fused-ring (bicyclic) bond motifs is 1. The minimum Gasteiger partial charge on any atom is -0.323 e. The number of pyridine rings is 1. The molecule has 0 saturated heterocycles. The summed E-state index contributed by atoms with van der Waals surface area (Å²) < 4.78 is 3.18. The third-order valence-corrected chi connectivity index (χ3v) is 6.31. The smallest absolute Gasteiger partial charge is 0.153 e. The molecule has 0 spiro atoms. The van der Waals surface area contributed by atoms with Crippen molar-refractivity contribution < 1.29 is 0 Å². The van der Waals surface area contributed by atoms with Gasteiger partial charge in [-0.25, -0.2) is 4.98 Å². The van der Waals surface area contributed by atoms with E-state index in [1.807, 2.05) is 55.2 Å². The summed E-state index contributed by atoms with van der Waals surface area (Å²) in [6.07, 6.45) is 9.60. The Hall–Kier alpha value is -2.23.